The Morgan fingerprint density at radius 3 is 2.11 bits per heavy atom. The first-order chi connectivity index (χ1) is 13.5. The molecule has 1 amide bonds. The lowest BCUT2D eigenvalue weighted by Gasteiger charge is -2.34. The van der Waals surface area contributed by atoms with Gasteiger partial charge in [-0.3, -0.25) is 9.69 Å². The number of hydrogen-bond donors (Lipinski definition) is 1. The second-order valence-electron chi connectivity index (χ2n) is 7.03. The van der Waals surface area contributed by atoms with E-state index in [4.69, 9.17) is 14.2 Å². The van der Waals surface area contributed by atoms with Crippen molar-refractivity contribution < 1.29 is 19.0 Å². The van der Waals surface area contributed by atoms with Crippen molar-refractivity contribution >= 4 is 11.6 Å². The third kappa shape index (κ3) is 5.97. The van der Waals surface area contributed by atoms with Crippen molar-refractivity contribution in [2.75, 3.05) is 31.6 Å². The van der Waals surface area contributed by atoms with Gasteiger partial charge >= 0.3 is 0 Å². The Kier molecular flexibility index (Phi) is 6.90. The normalized spacial score (nSPS) is 19.8. The van der Waals surface area contributed by atoms with E-state index in [0.29, 0.717) is 18.9 Å². The first-order valence-corrected chi connectivity index (χ1v) is 9.70. The number of rotatable bonds is 7. The number of amides is 1. The van der Waals surface area contributed by atoms with Crippen LogP contribution in [0.3, 0.4) is 0 Å². The molecule has 3 rings (SSSR count). The highest BCUT2D eigenvalue weighted by Gasteiger charge is 2.23. The summed E-state index contributed by atoms with van der Waals surface area (Å²) in [6.45, 7) is 8.55. The number of nitrogens with one attached hydrogen (secondary N) is 1. The van der Waals surface area contributed by atoms with Crippen LogP contribution in [0.4, 0.5) is 5.69 Å². The molecule has 1 saturated heterocycles. The van der Waals surface area contributed by atoms with Gasteiger partial charge in [0.25, 0.3) is 0 Å². The minimum absolute atomic E-state index is 0.0264. The maximum atomic E-state index is 12.3. The van der Waals surface area contributed by atoms with Crippen LogP contribution in [-0.4, -0.2) is 49.3 Å². The zero-order valence-corrected chi connectivity index (χ0v) is 16.7. The fourth-order valence-electron chi connectivity index (χ4n) is 3.33. The largest absolute Gasteiger partial charge is 0.494 e. The Morgan fingerprint density at radius 1 is 1.00 bits per heavy atom. The standard InChI is InChI=1S/C22H28N2O4/c1-4-26-19-9-11-21(12-10-19)28-20-7-5-18(6-8-20)23-22(25)15-24-13-16(2)27-17(3)14-24/h5-12,16-17H,4,13-15H2,1-3H3,(H,23,25)/t16-,17-/m0/s1. The lowest BCUT2D eigenvalue weighted by atomic mass is 10.2. The quantitative estimate of drug-likeness (QED) is 0.784. The second-order valence-corrected chi connectivity index (χ2v) is 7.03. The molecular formula is C22H28N2O4. The zero-order valence-electron chi connectivity index (χ0n) is 16.7. The van der Waals surface area contributed by atoms with Crippen LogP contribution in [0.25, 0.3) is 0 Å². The Hall–Kier alpha value is -2.57. The average Bonchev–Trinajstić information content (AvgIpc) is 2.64. The van der Waals surface area contributed by atoms with Crippen molar-refractivity contribution in [1.82, 2.24) is 4.90 Å². The molecule has 0 aliphatic carbocycles. The molecule has 0 aromatic heterocycles. The molecular weight excluding hydrogens is 356 g/mol. The number of benzene rings is 2. The molecule has 150 valence electrons. The van der Waals surface area contributed by atoms with Crippen molar-refractivity contribution in [3.8, 4) is 17.2 Å². The fraction of sp³-hybridized carbons (Fsp3) is 0.409. The summed E-state index contributed by atoms with van der Waals surface area (Å²) in [5.74, 6) is 2.23. The Bertz CT molecular complexity index is 751. The first kappa shape index (κ1) is 20.2. The van der Waals surface area contributed by atoms with Gasteiger partial charge in [-0.1, -0.05) is 0 Å². The van der Waals surface area contributed by atoms with E-state index in [-0.39, 0.29) is 18.1 Å². The number of ether oxygens (including phenoxy) is 3. The van der Waals surface area contributed by atoms with E-state index in [0.717, 1.165) is 30.3 Å². The molecule has 6 heteroatoms. The SMILES string of the molecule is CCOc1ccc(Oc2ccc(NC(=O)CN3C[C@H](C)O[C@@H](C)C3)cc2)cc1. The molecule has 2 atom stereocenters. The average molecular weight is 384 g/mol. The third-order valence-corrected chi connectivity index (χ3v) is 4.37. The summed E-state index contributed by atoms with van der Waals surface area (Å²) in [4.78, 5) is 14.4. The molecule has 2 aromatic rings. The molecule has 0 unspecified atom stereocenters. The number of nitrogens with zero attached hydrogens (tertiary/aromatic N) is 1. The van der Waals surface area contributed by atoms with Gasteiger partial charge in [-0.15, -0.1) is 0 Å². The highest BCUT2D eigenvalue weighted by molar-refractivity contribution is 5.92. The zero-order chi connectivity index (χ0) is 19.9. The molecule has 28 heavy (non-hydrogen) atoms. The molecule has 0 radical (unpaired) electrons. The summed E-state index contributed by atoms with van der Waals surface area (Å²) in [6, 6.07) is 14.8. The smallest absolute Gasteiger partial charge is 0.238 e. The van der Waals surface area contributed by atoms with E-state index in [1.54, 1.807) is 0 Å². The highest BCUT2D eigenvalue weighted by Crippen LogP contribution is 2.25. The summed E-state index contributed by atoms with van der Waals surface area (Å²) in [6.07, 6.45) is 0.297. The number of carbonyl (C=O) groups excluding carboxylic acids is 1. The van der Waals surface area contributed by atoms with Crippen molar-refractivity contribution in [2.45, 2.75) is 33.0 Å². The number of morpholine rings is 1. The van der Waals surface area contributed by atoms with Crippen LogP contribution in [0.5, 0.6) is 17.2 Å². The lowest BCUT2D eigenvalue weighted by molar-refractivity contribution is -0.121. The maximum absolute atomic E-state index is 12.3. The van der Waals surface area contributed by atoms with E-state index in [2.05, 4.69) is 10.2 Å². The number of hydrogen-bond acceptors (Lipinski definition) is 5. The van der Waals surface area contributed by atoms with Gasteiger partial charge in [-0.05, 0) is 69.3 Å². The van der Waals surface area contributed by atoms with E-state index in [1.165, 1.54) is 0 Å². The number of anilines is 1. The van der Waals surface area contributed by atoms with Crippen LogP contribution in [0.15, 0.2) is 48.5 Å². The monoisotopic (exact) mass is 384 g/mol. The van der Waals surface area contributed by atoms with Gasteiger partial charge in [0.15, 0.2) is 0 Å². The summed E-state index contributed by atoms with van der Waals surface area (Å²) >= 11 is 0. The van der Waals surface area contributed by atoms with Gasteiger partial charge in [0.1, 0.15) is 17.2 Å². The van der Waals surface area contributed by atoms with Crippen molar-refractivity contribution in [2.24, 2.45) is 0 Å². The molecule has 1 N–H and O–H groups in total. The Balaban J connectivity index is 1.50. The van der Waals surface area contributed by atoms with Crippen LogP contribution < -0.4 is 14.8 Å². The molecule has 1 aliphatic rings. The lowest BCUT2D eigenvalue weighted by Crippen LogP contribution is -2.48. The predicted octanol–water partition coefficient (Wildman–Crippen LogP) is 3.93. The highest BCUT2D eigenvalue weighted by atomic mass is 16.5. The van der Waals surface area contributed by atoms with E-state index in [9.17, 15) is 4.79 Å². The Labute approximate surface area is 166 Å². The molecule has 0 saturated carbocycles. The van der Waals surface area contributed by atoms with Crippen LogP contribution in [0.1, 0.15) is 20.8 Å². The van der Waals surface area contributed by atoms with Crippen LogP contribution in [0, 0.1) is 0 Å². The fourth-order valence-corrected chi connectivity index (χ4v) is 3.33. The molecule has 1 fully saturated rings. The predicted molar refractivity (Wildman–Crippen MR) is 109 cm³/mol. The van der Waals surface area contributed by atoms with Gasteiger partial charge in [0, 0.05) is 18.8 Å². The van der Waals surface area contributed by atoms with Crippen LogP contribution in [0.2, 0.25) is 0 Å². The second kappa shape index (κ2) is 9.57. The van der Waals surface area contributed by atoms with Crippen LogP contribution in [-0.2, 0) is 9.53 Å². The molecule has 1 heterocycles. The van der Waals surface area contributed by atoms with Crippen LogP contribution >= 0.6 is 0 Å². The van der Waals surface area contributed by atoms with Crippen molar-refractivity contribution in [3.05, 3.63) is 48.5 Å². The van der Waals surface area contributed by atoms with E-state index >= 15 is 0 Å². The summed E-state index contributed by atoms with van der Waals surface area (Å²) in [5.41, 5.74) is 0.749. The van der Waals surface area contributed by atoms with Gasteiger partial charge in [-0.25, -0.2) is 0 Å². The molecule has 2 aromatic carbocycles. The number of carbonyl (C=O) groups is 1. The first-order valence-electron chi connectivity index (χ1n) is 9.70. The molecule has 0 bridgehead atoms. The minimum Gasteiger partial charge on any atom is -0.494 e. The van der Waals surface area contributed by atoms with Crippen molar-refractivity contribution in [3.63, 3.8) is 0 Å². The molecule has 1 aliphatic heterocycles. The van der Waals surface area contributed by atoms with Gasteiger partial charge in [0.2, 0.25) is 5.91 Å². The van der Waals surface area contributed by atoms with E-state index < -0.39 is 0 Å². The van der Waals surface area contributed by atoms with Gasteiger partial charge in [0.05, 0.1) is 25.4 Å². The summed E-state index contributed by atoms with van der Waals surface area (Å²) in [5, 5.41) is 2.94. The third-order valence-electron chi connectivity index (χ3n) is 4.37. The molecule has 0 spiro atoms. The minimum atomic E-state index is -0.0264. The summed E-state index contributed by atoms with van der Waals surface area (Å²) in [7, 11) is 0. The van der Waals surface area contributed by atoms with Gasteiger partial charge in [-0.2, -0.15) is 0 Å². The summed E-state index contributed by atoms with van der Waals surface area (Å²) < 4.78 is 17.0. The maximum Gasteiger partial charge on any atom is 0.238 e. The molecule has 6 nitrogen and oxygen atoms in total. The van der Waals surface area contributed by atoms with Gasteiger partial charge < -0.3 is 19.5 Å². The van der Waals surface area contributed by atoms with Crippen molar-refractivity contribution in [1.29, 1.82) is 0 Å². The van der Waals surface area contributed by atoms with E-state index in [1.807, 2.05) is 69.3 Å². The topological polar surface area (TPSA) is 60.0 Å². The Morgan fingerprint density at radius 2 is 1.54 bits per heavy atom.